The highest BCUT2D eigenvalue weighted by Gasteiger charge is 2.44. The first-order valence-corrected chi connectivity index (χ1v) is 9.50. The molecule has 170 valence electrons. The molecule has 1 saturated heterocycles. The van der Waals surface area contributed by atoms with Crippen molar-refractivity contribution in [2.75, 3.05) is 6.61 Å². The molecule has 11 heteroatoms. The van der Waals surface area contributed by atoms with E-state index in [9.17, 15) is 40.5 Å². The molecule has 0 amide bonds. The minimum Gasteiger partial charge on any atom is -0.508 e. The van der Waals surface area contributed by atoms with Crippen LogP contribution in [0.3, 0.4) is 0 Å². The smallest absolute Gasteiger partial charge is 0.238 e. The minimum atomic E-state index is -1.60. The summed E-state index contributed by atoms with van der Waals surface area (Å²) in [6, 6.07) is 7.72. The second-order valence-corrected chi connectivity index (χ2v) is 7.29. The Labute approximate surface area is 179 Å². The topological polar surface area (TPSA) is 190 Å². The number of aliphatic hydroxyl groups excluding tert-OH is 4. The number of rotatable bonds is 4. The van der Waals surface area contributed by atoms with Gasteiger partial charge in [-0.1, -0.05) is 0 Å². The lowest BCUT2D eigenvalue weighted by molar-refractivity contribution is -0.277. The van der Waals surface area contributed by atoms with E-state index in [1.807, 2.05) is 0 Å². The van der Waals surface area contributed by atoms with Crippen molar-refractivity contribution < 1.29 is 49.6 Å². The third kappa shape index (κ3) is 3.72. The Morgan fingerprint density at radius 2 is 1.62 bits per heavy atom. The summed E-state index contributed by atoms with van der Waals surface area (Å²) in [5.41, 5.74) is -0.771. The number of phenolic OH excluding ortho intramolecular Hbond substituents is 2. The number of hydrogen-bond acceptors (Lipinski definition) is 11. The van der Waals surface area contributed by atoms with Gasteiger partial charge in [0, 0.05) is 17.7 Å². The predicted molar refractivity (Wildman–Crippen MR) is 107 cm³/mol. The molecule has 0 aliphatic carbocycles. The maximum Gasteiger partial charge on any atom is 0.238 e. The van der Waals surface area contributed by atoms with Gasteiger partial charge in [0.2, 0.25) is 17.5 Å². The molecule has 3 aromatic rings. The zero-order chi connectivity index (χ0) is 23.2. The van der Waals surface area contributed by atoms with Crippen LogP contribution in [0, 0.1) is 0 Å². The van der Waals surface area contributed by atoms with E-state index in [1.54, 1.807) is 0 Å². The van der Waals surface area contributed by atoms with E-state index in [0.29, 0.717) is 0 Å². The van der Waals surface area contributed by atoms with Gasteiger partial charge >= 0.3 is 0 Å². The molecule has 5 atom stereocenters. The SMILES string of the molecule is O=c1c(O)c(-c2ccc(O[C@H]3O[C@H](CO)[C@H](O)[C@@H](O)[C@H]3O)cc2)oc2cc(O)cc(O)c12. The Balaban J connectivity index is 1.63. The van der Waals surface area contributed by atoms with E-state index in [0.717, 1.165) is 12.1 Å². The van der Waals surface area contributed by atoms with Gasteiger partial charge in [0.25, 0.3) is 0 Å². The molecular weight excluding hydrogens is 428 g/mol. The molecule has 1 aromatic heterocycles. The number of aromatic hydroxyl groups is 3. The Hall–Kier alpha value is -3.35. The molecule has 1 fully saturated rings. The van der Waals surface area contributed by atoms with Crippen LogP contribution in [0.25, 0.3) is 22.3 Å². The number of hydrogen-bond donors (Lipinski definition) is 7. The van der Waals surface area contributed by atoms with Crippen molar-refractivity contribution in [1.29, 1.82) is 0 Å². The van der Waals surface area contributed by atoms with Crippen molar-refractivity contribution >= 4 is 11.0 Å². The average molecular weight is 448 g/mol. The van der Waals surface area contributed by atoms with Crippen LogP contribution >= 0.6 is 0 Å². The number of fused-ring (bicyclic) bond motifs is 1. The van der Waals surface area contributed by atoms with E-state index < -0.39 is 54.2 Å². The fourth-order valence-electron chi connectivity index (χ4n) is 3.45. The van der Waals surface area contributed by atoms with Crippen molar-refractivity contribution in [2.24, 2.45) is 0 Å². The Kier molecular flexibility index (Phi) is 5.67. The molecule has 4 rings (SSSR count). The lowest BCUT2D eigenvalue weighted by Crippen LogP contribution is -2.60. The third-order valence-corrected chi connectivity index (χ3v) is 5.15. The van der Waals surface area contributed by atoms with Crippen LogP contribution in [0.15, 0.2) is 45.6 Å². The summed E-state index contributed by atoms with van der Waals surface area (Å²) in [4.78, 5) is 12.5. The minimum absolute atomic E-state index is 0.137. The first-order valence-electron chi connectivity index (χ1n) is 9.50. The summed E-state index contributed by atoms with van der Waals surface area (Å²) in [6.45, 7) is -0.602. The van der Waals surface area contributed by atoms with E-state index in [2.05, 4.69) is 0 Å². The molecule has 11 nitrogen and oxygen atoms in total. The maximum atomic E-state index is 12.5. The van der Waals surface area contributed by atoms with Gasteiger partial charge in [0.05, 0.1) is 6.61 Å². The van der Waals surface area contributed by atoms with Crippen LogP contribution in [-0.2, 0) is 4.74 Å². The van der Waals surface area contributed by atoms with Crippen LogP contribution in [0.5, 0.6) is 23.0 Å². The monoisotopic (exact) mass is 448 g/mol. The largest absolute Gasteiger partial charge is 0.508 e. The van der Waals surface area contributed by atoms with Crippen molar-refractivity contribution in [3.8, 4) is 34.3 Å². The van der Waals surface area contributed by atoms with E-state index >= 15 is 0 Å². The number of aliphatic hydroxyl groups is 4. The first-order chi connectivity index (χ1) is 15.2. The lowest BCUT2D eigenvalue weighted by atomic mass is 9.99. The van der Waals surface area contributed by atoms with Crippen molar-refractivity contribution in [2.45, 2.75) is 30.7 Å². The Bertz CT molecular complexity index is 1190. The standard InChI is InChI=1S/C21H20O11/c22-7-13-15(25)17(27)19(29)21(32-13)30-10-3-1-8(2-4-10)20-18(28)16(26)14-11(24)5-9(23)6-12(14)31-20/h1-6,13,15,17,19,21-25,27-29H,7H2/t13-,15+,17-,19-,21+/m1/s1. The first kappa shape index (κ1) is 21.9. The van der Waals surface area contributed by atoms with Gasteiger partial charge in [-0.15, -0.1) is 0 Å². The van der Waals surface area contributed by atoms with Crippen LogP contribution in [0.4, 0.5) is 0 Å². The second kappa shape index (κ2) is 8.30. The molecule has 1 aliphatic heterocycles. The molecule has 0 saturated carbocycles. The van der Waals surface area contributed by atoms with Gasteiger partial charge < -0.3 is 49.6 Å². The van der Waals surface area contributed by atoms with Gasteiger partial charge in [0.15, 0.2) is 5.76 Å². The summed E-state index contributed by atoms with van der Waals surface area (Å²) in [5.74, 6) is -1.68. The Morgan fingerprint density at radius 1 is 0.938 bits per heavy atom. The fourth-order valence-corrected chi connectivity index (χ4v) is 3.45. The number of ether oxygens (including phenoxy) is 2. The summed E-state index contributed by atoms with van der Waals surface area (Å²) in [5, 5.41) is 68.5. The molecule has 7 N–H and O–H groups in total. The third-order valence-electron chi connectivity index (χ3n) is 5.15. The number of phenols is 2. The van der Waals surface area contributed by atoms with Crippen molar-refractivity contribution in [1.82, 2.24) is 0 Å². The molecule has 0 spiro atoms. The van der Waals surface area contributed by atoms with Gasteiger partial charge in [-0.25, -0.2) is 0 Å². The highest BCUT2D eigenvalue weighted by atomic mass is 16.7. The molecule has 2 heterocycles. The lowest BCUT2D eigenvalue weighted by Gasteiger charge is -2.39. The summed E-state index contributed by atoms with van der Waals surface area (Å²) in [6.07, 6.45) is -7.21. The molecule has 1 aliphatic rings. The highest BCUT2D eigenvalue weighted by molar-refractivity contribution is 5.88. The molecule has 2 aromatic carbocycles. The van der Waals surface area contributed by atoms with Gasteiger partial charge in [-0.2, -0.15) is 0 Å². The van der Waals surface area contributed by atoms with Crippen molar-refractivity contribution in [3.05, 3.63) is 46.6 Å². The normalized spacial score (nSPS) is 25.7. The van der Waals surface area contributed by atoms with Gasteiger partial charge in [0.1, 0.15) is 52.6 Å². The van der Waals surface area contributed by atoms with Gasteiger partial charge in [-0.05, 0) is 24.3 Å². The van der Waals surface area contributed by atoms with Crippen LogP contribution < -0.4 is 10.2 Å². The fraction of sp³-hybridized carbons (Fsp3) is 0.286. The predicted octanol–water partition coefficient (Wildman–Crippen LogP) is -0.245. The number of benzene rings is 2. The average Bonchev–Trinajstić information content (AvgIpc) is 2.76. The quantitative estimate of drug-likeness (QED) is 0.279. The van der Waals surface area contributed by atoms with E-state index in [-0.39, 0.29) is 33.8 Å². The molecule has 0 radical (unpaired) electrons. The second-order valence-electron chi connectivity index (χ2n) is 7.29. The summed E-state index contributed by atoms with van der Waals surface area (Å²) >= 11 is 0. The molecule has 32 heavy (non-hydrogen) atoms. The molecular formula is C21H20O11. The summed E-state index contributed by atoms with van der Waals surface area (Å²) in [7, 11) is 0. The highest BCUT2D eigenvalue weighted by Crippen LogP contribution is 2.35. The van der Waals surface area contributed by atoms with E-state index in [4.69, 9.17) is 13.9 Å². The molecule has 0 unspecified atom stereocenters. The Morgan fingerprint density at radius 3 is 2.28 bits per heavy atom. The molecule has 0 bridgehead atoms. The van der Waals surface area contributed by atoms with Crippen LogP contribution in [-0.4, -0.2) is 73.1 Å². The van der Waals surface area contributed by atoms with Crippen LogP contribution in [0.1, 0.15) is 0 Å². The summed E-state index contributed by atoms with van der Waals surface area (Å²) < 4.78 is 16.3. The van der Waals surface area contributed by atoms with Crippen molar-refractivity contribution in [3.63, 3.8) is 0 Å². The maximum absolute atomic E-state index is 12.5. The zero-order valence-corrected chi connectivity index (χ0v) is 16.3. The van der Waals surface area contributed by atoms with Crippen LogP contribution in [0.2, 0.25) is 0 Å². The van der Waals surface area contributed by atoms with Gasteiger partial charge in [-0.3, -0.25) is 4.79 Å². The zero-order valence-electron chi connectivity index (χ0n) is 16.3. The van der Waals surface area contributed by atoms with E-state index in [1.165, 1.54) is 24.3 Å².